The summed E-state index contributed by atoms with van der Waals surface area (Å²) in [4.78, 5) is 28.2. The zero-order valence-corrected chi connectivity index (χ0v) is 12.9. The van der Waals surface area contributed by atoms with Crippen LogP contribution >= 0.6 is 0 Å². The molecule has 0 aromatic carbocycles. The topological polar surface area (TPSA) is 60.9 Å². The van der Waals surface area contributed by atoms with Gasteiger partial charge in [-0.05, 0) is 44.4 Å². The molecule has 3 fully saturated rings. The van der Waals surface area contributed by atoms with Crippen LogP contribution in [0.2, 0.25) is 0 Å². The number of carboxylic acids is 1. The van der Waals surface area contributed by atoms with Crippen LogP contribution in [0.3, 0.4) is 0 Å². The molecule has 1 N–H and O–H groups in total. The third-order valence-electron chi connectivity index (χ3n) is 5.99. The van der Waals surface area contributed by atoms with Crippen molar-refractivity contribution in [1.82, 2.24) is 9.80 Å². The predicted octanol–water partition coefficient (Wildman–Crippen LogP) is 2.56. The van der Waals surface area contributed by atoms with Crippen LogP contribution in [0.1, 0.15) is 51.9 Å². The van der Waals surface area contributed by atoms with Gasteiger partial charge in [0, 0.05) is 25.7 Å². The fourth-order valence-corrected chi connectivity index (χ4v) is 4.52. The summed E-state index contributed by atoms with van der Waals surface area (Å²) < 4.78 is 0. The van der Waals surface area contributed by atoms with Crippen molar-refractivity contribution in [3.63, 3.8) is 0 Å². The number of rotatable bonds is 2. The number of piperidine rings is 1. The molecule has 118 valence electrons. The normalized spacial score (nSPS) is 35.9. The molecule has 3 aliphatic rings. The van der Waals surface area contributed by atoms with Crippen LogP contribution in [-0.2, 0) is 4.79 Å². The van der Waals surface area contributed by atoms with Gasteiger partial charge in [0.1, 0.15) is 0 Å². The first kappa shape index (κ1) is 14.7. The summed E-state index contributed by atoms with van der Waals surface area (Å²) in [6.07, 6.45) is 7.14. The van der Waals surface area contributed by atoms with Crippen LogP contribution in [0, 0.1) is 11.3 Å². The highest BCUT2D eigenvalue weighted by atomic mass is 16.4. The van der Waals surface area contributed by atoms with Gasteiger partial charge in [-0.15, -0.1) is 0 Å². The van der Waals surface area contributed by atoms with Gasteiger partial charge in [0.2, 0.25) is 0 Å². The third-order valence-corrected chi connectivity index (χ3v) is 5.99. The van der Waals surface area contributed by atoms with Gasteiger partial charge in [0.25, 0.3) is 0 Å². The number of hydrogen-bond donors (Lipinski definition) is 1. The van der Waals surface area contributed by atoms with Crippen molar-refractivity contribution in [2.24, 2.45) is 11.3 Å². The van der Waals surface area contributed by atoms with Crippen LogP contribution in [-0.4, -0.2) is 52.6 Å². The molecule has 0 aromatic rings. The van der Waals surface area contributed by atoms with Gasteiger partial charge in [-0.25, -0.2) is 4.79 Å². The number of urea groups is 1. The number of carbonyl (C=O) groups excluding carboxylic acids is 1. The number of fused-ring (bicyclic) bond motifs is 1. The van der Waals surface area contributed by atoms with Crippen molar-refractivity contribution in [1.29, 1.82) is 0 Å². The first-order valence-electron chi connectivity index (χ1n) is 8.36. The summed E-state index contributed by atoms with van der Waals surface area (Å²) in [5.41, 5.74) is -0.722. The SMILES string of the molecule is CCC1(C(=O)O)CCN(C(=O)N2CCCC3CCCC32)C1. The second-order valence-corrected chi connectivity index (χ2v) is 6.99. The van der Waals surface area contributed by atoms with Crippen molar-refractivity contribution >= 4 is 12.0 Å². The Kier molecular flexibility index (Phi) is 3.84. The first-order valence-corrected chi connectivity index (χ1v) is 8.36. The molecule has 1 saturated carbocycles. The summed E-state index contributed by atoms with van der Waals surface area (Å²) >= 11 is 0. The minimum Gasteiger partial charge on any atom is -0.481 e. The fraction of sp³-hybridized carbons (Fsp3) is 0.875. The summed E-state index contributed by atoms with van der Waals surface area (Å²) in [5, 5.41) is 9.47. The first-order chi connectivity index (χ1) is 10.1. The van der Waals surface area contributed by atoms with Crippen molar-refractivity contribution in [3.05, 3.63) is 0 Å². The second-order valence-electron chi connectivity index (χ2n) is 6.99. The van der Waals surface area contributed by atoms with Gasteiger partial charge in [-0.2, -0.15) is 0 Å². The Hall–Kier alpha value is -1.26. The smallest absolute Gasteiger partial charge is 0.320 e. The molecule has 3 unspecified atom stereocenters. The van der Waals surface area contributed by atoms with Gasteiger partial charge < -0.3 is 14.9 Å². The highest BCUT2D eigenvalue weighted by Crippen LogP contribution is 2.39. The van der Waals surface area contributed by atoms with Crippen molar-refractivity contribution < 1.29 is 14.7 Å². The monoisotopic (exact) mass is 294 g/mol. The molecule has 0 aromatic heterocycles. The van der Waals surface area contributed by atoms with E-state index in [2.05, 4.69) is 4.90 Å². The molecule has 21 heavy (non-hydrogen) atoms. The molecule has 5 heteroatoms. The number of carboxylic acid groups (broad SMARTS) is 1. The van der Waals surface area contributed by atoms with E-state index in [1.807, 2.05) is 6.92 Å². The maximum atomic E-state index is 12.8. The van der Waals surface area contributed by atoms with Crippen LogP contribution in [0.25, 0.3) is 0 Å². The number of amides is 2. The zero-order valence-electron chi connectivity index (χ0n) is 12.9. The molecule has 2 saturated heterocycles. The number of likely N-dealkylation sites (tertiary alicyclic amines) is 2. The van der Waals surface area contributed by atoms with E-state index in [1.165, 1.54) is 19.3 Å². The van der Waals surface area contributed by atoms with Crippen molar-refractivity contribution in [2.45, 2.75) is 57.9 Å². The Morgan fingerprint density at radius 3 is 2.62 bits per heavy atom. The van der Waals surface area contributed by atoms with Gasteiger partial charge in [-0.1, -0.05) is 13.3 Å². The number of nitrogens with zero attached hydrogens (tertiary/aromatic N) is 2. The number of carbonyl (C=O) groups is 2. The largest absolute Gasteiger partial charge is 0.481 e. The van der Waals surface area contributed by atoms with Gasteiger partial charge in [0.15, 0.2) is 0 Å². The average Bonchev–Trinajstić information content (AvgIpc) is 3.13. The lowest BCUT2D eigenvalue weighted by Crippen LogP contribution is -2.52. The Morgan fingerprint density at radius 2 is 1.95 bits per heavy atom. The maximum absolute atomic E-state index is 12.8. The molecular formula is C16H26N2O3. The van der Waals surface area contributed by atoms with Crippen LogP contribution in [0.4, 0.5) is 4.79 Å². The average molecular weight is 294 g/mol. The van der Waals surface area contributed by atoms with E-state index >= 15 is 0 Å². The Labute approximate surface area is 126 Å². The number of aliphatic carboxylic acids is 1. The molecule has 0 bridgehead atoms. The molecule has 1 aliphatic carbocycles. The van der Waals surface area contributed by atoms with E-state index in [9.17, 15) is 14.7 Å². The predicted molar refractivity (Wildman–Crippen MR) is 79.0 cm³/mol. The quantitative estimate of drug-likeness (QED) is 0.851. The Balaban J connectivity index is 1.70. The van der Waals surface area contributed by atoms with E-state index in [-0.39, 0.29) is 6.03 Å². The summed E-state index contributed by atoms with van der Waals surface area (Å²) in [6, 6.07) is 0.496. The molecular weight excluding hydrogens is 268 g/mol. The van der Waals surface area contributed by atoms with Gasteiger partial charge in [-0.3, -0.25) is 4.79 Å². The van der Waals surface area contributed by atoms with E-state index in [1.54, 1.807) is 4.90 Å². The minimum absolute atomic E-state index is 0.0863. The van der Waals surface area contributed by atoms with E-state index in [4.69, 9.17) is 0 Å². The summed E-state index contributed by atoms with van der Waals surface area (Å²) in [5.74, 6) is -0.0709. The highest BCUT2D eigenvalue weighted by molar-refractivity contribution is 5.80. The molecule has 3 rings (SSSR count). The second kappa shape index (κ2) is 5.50. The lowest BCUT2D eigenvalue weighted by molar-refractivity contribution is -0.148. The van der Waals surface area contributed by atoms with Crippen LogP contribution in [0.15, 0.2) is 0 Å². The molecule has 3 atom stereocenters. The van der Waals surface area contributed by atoms with E-state index < -0.39 is 11.4 Å². The molecule has 2 aliphatic heterocycles. The van der Waals surface area contributed by atoms with E-state index in [0.717, 1.165) is 19.4 Å². The highest BCUT2D eigenvalue weighted by Gasteiger charge is 2.47. The van der Waals surface area contributed by atoms with Crippen LogP contribution < -0.4 is 0 Å². The van der Waals surface area contributed by atoms with Crippen molar-refractivity contribution in [3.8, 4) is 0 Å². The third kappa shape index (κ3) is 2.40. The molecule has 5 nitrogen and oxygen atoms in total. The molecule has 2 amide bonds. The summed E-state index contributed by atoms with van der Waals surface area (Å²) in [6.45, 7) is 3.73. The molecule has 2 heterocycles. The Morgan fingerprint density at radius 1 is 1.19 bits per heavy atom. The molecule has 0 spiro atoms. The fourth-order valence-electron chi connectivity index (χ4n) is 4.52. The lowest BCUT2D eigenvalue weighted by atomic mass is 9.84. The minimum atomic E-state index is -0.752. The maximum Gasteiger partial charge on any atom is 0.320 e. The number of hydrogen-bond acceptors (Lipinski definition) is 2. The standard InChI is InChI=1S/C16H26N2O3/c1-2-16(14(19)20)8-10-17(11-16)15(21)18-9-4-6-12-5-3-7-13(12)18/h12-13H,2-11H2,1H3,(H,19,20). The molecule has 0 radical (unpaired) electrons. The zero-order chi connectivity index (χ0) is 15.0. The van der Waals surface area contributed by atoms with Crippen molar-refractivity contribution in [2.75, 3.05) is 19.6 Å². The lowest BCUT2D eigenvalue weighted by Gasteiger charge is -2.40. The van der Waals surface area contributed by atoms with E-state index in [0.29, 0.717) is 37.9 Å². The van der Waals surface area contributed by atoms with Gasteiger partial charge in [0.05, 0.1) is 5.41 Å². The van der Waals surface area contributed by atoms with Gasteiger partial charge >= 0.3 is 12.0 Å². The van der Waals surface area contributed by atoms with Crippen LogP contribution in [0.5, 0.6) is 0 Å². The summed E-state index contributed by atoms with van der Waals surface area (Å²) in [7, 11) is 0. The Bertz CT molecular complexity index is 439.